The lowest BCUT2D eigenvalue weighted by Crippen LogP contribution is -2.45. The van der Waals surface area contributed by atoms with E-state index in [1.807, 2.05) is 5.38 Å². The third-order valence-corrected chi connectivity index (χ3v) is 2.76. The molecule has 2 N–H and O–H groups in total. The van der Waals surface area contributed by atoms with E-state index in [9.17, 15) is 4.79 Å². The zero-order valence-corrected chi connectivity index (χ0v) is 8.16. The van der Waals surface area contributed by atoms with Gasteiger partial charge in [-0.3, -0.25) is 4.79 Å². The van der Waals surface area contributed by atoms with Gasteiger partial charge in [-0.05, 0) is 0 Å². The van der Waals surface area contributed by atoms with Crippen LogP contribution in [0.25, 0.3) is 0 Å². The van der Waals surface area contributed by atoms with Gasteiger partial charge in [0.15, 0.2) is 0 Å². The monoisotopic (exact) mass is 211 g/mol. The number of oxime groups is 1. The summed E-state index contributed by atoms with van der Waals surface area (Å²) in [6, 6.07) is 0. The summed E-state index contributed by atoms with van der Waals surface area (Å²) >= 11 is 1.47. The van der Waals surface area contributed by atoms with Crippen LogP contribution >= 0.6 is 11.3 Å². The number of carbonyl (C=O) groups is 1. The van der Waals surface area contributed by atoms with Crippen molar-refractivity contribution < 1.29 is 9.63 Å². The average molecular weight is 211 g/mol. The number of hydrogen-bond donors (Lipinski definition) is 1. The standard InChI is InChI=1S/C8H9N3O2S/c9-7(12)8(1-2-11-13-8)3-6-4-14-5-10-6/h2,4-5H,1,3H2,(H2,9,12). The highest BCUT2D eigenvalue weighted by Gasteiger charge is 2.42. The lowest BCUT2D eigenvalue weighted by atomic mass is 9.94. The van der Waals surface area contributed by atoms with Crippen molar-refractivity contribution in [1.29, 1.82) is 0 Å². The Morgan fingerprint density at radius 3 is 3.14 bits per heavy atom. The minimum atomic E-state index is -1.02. The number of nitrogens with zero attached hydrogens (tertiary/aromatic N) is 2. The zero-order valence-electron chi connectivity index (χ0n) is 7.34. The van der Waals surface area contributed by atoms with Crippen LogP contribution in [-0.4, -0.2) is 22.7 Å². The smallest absolute Gasteiger partial charge is 0.265 e. The quantitative estimate of drug-likeness (QED) is 0.781. The van der Waals surface area contributed by atoms with Gasteiger partial charge in [0.1, 0.15) is 0 Å². The third kappa shape index (κ3) is 1.48. The van der Waals surface area contributed by atoms with Gasteiger partial charge in [-0.1, -0.05) is 5.16 Å². The molecule has 0 spiro atoms. The Morgan fingerprint density at radius 2 is 2.64 bits per heavy atom. The minimum absolute atomic E-state index is 0.381. The van der Waals surface area contributed by atoms with Crippen molar-refractivity contribution in [1.82, 2.24) is 4.98 Å². The third-order valence-electron chi connectivity index (χ3n) is 2.12. The highest BCUT2D eigenvalue weighted by Crippen LogP contribution is 2.25. The Bertz CT molecular complexity index is 353. The minimum Gasteiger partial charge on any atom is -0.379 e. The van der Waals surface area contributed by atoms with Crippen molar-refractivity contribution in [3.8, 4) is 0 Å². The summed E-state index contributed by atoms with van der Waals surface area (Å²) in [7, 11) is 0. The zero-order chi connectivity index (χ0) is 10.0. The van der Waals surface area contributed by atoms with Crippen molar-refractivity contribution in [2.75, 3.05) is 0 Å². The van der Waals surface area contributed by atoms with E-state index in [2.05, 4.69) is 10.1 Å². The Morgan fingerprint density at radius 1 is 1.79 bits per heavy atom. The number of nitrogens with two attached hydrogens (primary N) is 1. The molecule has 1 unspecified atom stereocenters. The van der Waals surface area contributed by atoms with Crippen LogP contribution < -0.4 is 5.73 Å². The van der Waals surface area contributed by atoms with Gasteiger partial charge in [-0.15, -0.1) is 11.3 Å². The molecule has 1 aliphatic rings. The summed E-state index contributed by atoms with van der Waals surface area (Å²) in [5.74, 6) is -0.497. The predicted octanol–water partition coefficient (Wildman–Crippen LogP) is 0.316. The topological polar surface area (TPSA) is 77.6 Å². The van der Waals surface area contributed by atoms with Crippen LogP contribution in [0.3, 0.4) is 0 Å². The summed E-state index contributed by atoms with van der Waals surface area (Å²) in [5, 5.41) is 5.46. The molecule has 2 heterocycles. The van der Waals surface area contributed by atoms with Crippen molar-refractivity contribution in [2.24, 2.45) is 10.9 Å². The summed E-state index contributed by atoms with van der Waals surface area (Å²) in [6.45, 7) is 0. The van der Waals surface area contributed by atoms with Crippen LogP contribution in [0.2, 0.25) is 0 Å². The molecule has 1 aromatic rings. The van der Waals surface area contributed by atoms with Gasteiger partial charge in [0.25, 0.3) is 5.91 Å². The molecule has 1 atom stereocenters. The number of thiazole rings is 1. The lowest BCUT2D eigenvalue weighted by Gasteiger charge is -2.21. The first-order chi connectivity index (χ1) is 6.73. The van der Waals surface area contributed by atoms with Gasteiger partial charge in [0.2, 0.25) is 5.60 Å². The van der Waals surface area contributed by atoms with Crippen LogP contribution in [0.15, 0.2) is 16.0 Å². The summed E-state index contributed by atoms with van der Waals surface area (Å²) in [4.78, 5) is 20.4. The normalized spacial score (nSPS) is 24.9. The molecule has 14 heavy (non-hydrogen) atoms. The number of carbonyl (C=O) groups excluding carboxylic acids is 1. The Hall–Kier alpha value is -1.43. The second-order valence-electron chi connectivity index (χ2n) is 3.10. The average Bonchev–Trinajstić information content (AvgIpc) is 2.76. The predicted molar refractivity (Wildman–Crippen MR) is 51.9 cm³/mol. The van der Waals surface area contributed by atoms with E-state index in [4.69, 9.17) is 10.6 Å². The Kier molecular flexibility index (Phi) is 2.20. The molecule has 0 saturated heterocycles. The molecule has 6 heteroatoms. The van der Waals surface area contributed by atoms with E-state index < -0.39 is 11.5 Å². The summed E-state index contributed by atoms with van der Waals surface area (Å²) < 4.78 is 0. The molecule has 2 rings (SSSR count). The first-order valence-electron chi connectivity index (χ1n) is 4.10. The van der Waals surface area contributed by atoms with E-state index in [1.54, 1.807) is 11.7 Å². The van der Waals surface area contributed by atoms with Gasteiger partial charge in [-0.25, -0.2) is 4.98 Å². The molecule has 0 aliphatic carbocycles. The molecule has 0 aromatic carbocycles. The van der Waals surface area contributed by atoms with Gasteiger partial charge in [0, 0.05) is 24.4 Å². The highest BCUT2D eigenvalue weighted by atomic mass is 32.1. The maximum Gasteiger partial charge on any atom is 0.265 e. The lowest BCUT2D eigenvalue weighted by molar-refractivity contribution is -0.140. The van der Waals surface area contributed by atoms with Crippen molar-refractivity contribution in [3.63, 3.8) is 0 Å². The molecule has 1 amide bonds. The molecule has 74 valence electrons. The van der Waals surface area contributed by atoms with Crippen LogP contribution in [-0.2, 0) is 16.1 Å². The number of primary amides is 1. The Labute approximate surface area is 84.6 Å². The van der Waals surface area contributed by atoms with E-state index in [1.165, 1.54) is 11.3 Å². The van der Waals surface area contributed by atoms with E-state index in [0.29, 0.717) is 12.8 Å². The first kappa shape index (κ1) is 9.14. The number of aromatic nitrogens is 1. The molecular formula is C8H9N3O2S. The van der Waals surface area contributed by atoms with Crippen LogP contribution in [0.4, 0.5) is 0 Å². The fourth-order valence-corrected chi connectivity index (χ4v) is 1.87. The van der Waals surface area contributed by atoms with Gasteiger partial charge in [-0.2, -0.15) is 0 Å². The van der Waals surface area contributed by atoms with Crippen LogP contribution in [0.5, 0.6) is 0 Å². The maximum atomic E-state index is 11.2. The molecule has 0 radical (unpaired) electrons. The van der Waals surface area contributed by atoms with Crippen molar-refractivity contribution in [3.05, 3.63) is 16.6 Å². The van der Waals surface area contributed by atoms with Crippen molar-refractivity contribution in [2.45, 2.75) is 18.4 Å². The molecule has 0 saturated carbocycles. The van der Waals surface area contributed by atoms with Gasteiger partial charge >= 0.3 is 0 Å². The fourth-order valence-electron chi connectivity index (χ4n) is 1.31. The first-order valence-corrected chi connectivity index (χ1v) is 5.04. The number of hydrogen-bond acceptors (Lipinski definition) is 5. The van der Waals surface area contributed by atoms with Crippen LogP contribution in [0, 0.1) is 0 Å². The van der Waals surface area contributed by atoms with E-state index >= 15 is 0 Å². The molecule has 0 bridgehead atoms. The highest BCUT2D eigenvalue weighted by molar-refractivity contribution is 7.07. The largest absolute Gasteiger partial charge is 0.379 e. The number of amides is 1. The van der Waals surface area contributed by atoms with Gasteiger partial charge < -0.3 is 10.6 Å². The van der Waals surface area contributed by atoms with Crippen molar-refractivity contribution >= 4 is 23.5 Å². The maximum absolute atomic E-state index is 11.2. The van der Waals surface area contributed by atoms with E-state index in [-0.39, 0.29) is 0 Å². The fraction of sp³-hybridized carbons (Fsp3) is 0.375. The number of rotatable bonds is 3. The Balaban J connectivity index is 2.17. The molecule has 1 aromatic heterocycles. The summed E-state index contributed by atoms with van der Waals surface area (Å²) in [5.41, 5.74) is 6.77. The molecule has 0 fully saturated rings. The van der Waals surface area contributed by atoms with Crippen LogP contribution in [0.1, 0.15) is 12.1 Å². The second-order valence-corrected chi connectivity index (χ2v) is 3.82. The molecule has 1 aliphatic heterocycles. The SMILES string of the molecule is NC(=O)C1(Cc2cscn2)CC=NO1. The molecule has 5 nitrogen and oxygen atoms in total. The second kappa shape index (κ2) is 3.38. The van der Waals surface area contributed by atoms with E-state index in [0.717, 1.165) is 5.69 Å². The summed E-state index contributed by atoms with van der Waals surface area (Å²) in [6.07, 6.45) is 2.35. The molecular weight excluding hydrogens is 202 g/mol. The van der Waals surface area contributed by atoms with Gasteiger partial charge in [0.05, 0.1) is 11.2 Å².